The van der Waals surface area contributed by atoms with Crippen LogP contribution in [0.5, 0.6) is 5.75 Å². The van der Waals surface area contributed by atoms with E-state index in [9.17, 15) is 4.79 Å². The number of rotatable bonds is 5. The number of nitrogens with one attached hydrogen (secondary N) is 1. The van der Waals surface area contributed by atoms with Gasteiger partial charge < -0.3 is 10.1 Å². The van der Waals surface area contributed by atoms with Crippen molar-refractivity contribution in [3.8, 4) is 5.75 Å². The van der Waals surface area contributed by atoms with E-state index in [-0.39, 0.29) is 18.7 Å². The predicted molar refractivity (Wildman–Crippen MR) is 93.2 cm³/mol. The fourth-order valence-electron chi connectivity index (χ4n) is 2.92. The highest BCUT2D eigenvalue weighted by Gasteiger charge is 2.21. The first kappa shape index (κ1) is 16.8. The van der Waals surface area contributed by atoms with E-state index in [1.807, 2.05) is 12.1 Å². The summed E-state index contributed by atoms with van der Waals surface area (Å²) in [6.45, 7) is 2.47. The molecule has 128 valence electrons. The van der Waals surface area contributed by atoms with E-state index in [0.717, 1.165) is 18.8 Å². The van der Waals surface area contributed by atoms with Gasteiger partial charge >= 0.3 is 0 Å². The molecule has 0 atom stereocenters. The Labute approximate surface area is 147 Å². The van der Waals surface area contributed by atoms with Gasteiger partial charge in [-0.1, -0.05) is 30.7 Å². The molecule has 0 aliphatic heterocycles. The normalized spacial score (nSPS) is 20.6. The van der Waals surface area contributed by atoms with Crippen LogP contribution in [0.1, 0.15) is 43.1 Å². The van der Waals surface area contributed by atoms with Gasteiger partial charge in [0.05, 0.1) is 5.02 Å². The van der Waals surface area contributed by atoms with E-state index >= 15 is 0 Å². The number of hydrogen-bond donors (Lipinski definition) is 1. The summed E-state index contributed by atoms with van der Waals surface area (Å²) in [5.41, 5.74) is 0.413. The van der Waals surface area contributed by atoms with Crippen LogP contribution in [0.15, 0.2) is 36.5 Å². The Balaban J connectivity index is 1.53. The average molecular weight is 348 g/mol. The number of para-hydroxylation sites is 1. The SMILES string of the molecule is CC1CCC(NC(=O)c2ccn(COc3ccccc3Cl)n2)CC1. The fraction of sp³-hybridized carbons (Fsp3) is 0.444. The first-order chi connectivity index (χ1) is 11.6. The van der Waals surface area contributed by atoms with Gasteiger partial charge in [-0.25, -0.2) is 4.68 Å². The molecule has 5 nitrogen and oxygen atoms in total. The van der Waals surface area contributed by atoms with Crippen LogP contribution >= 0.6 is 11.6 Å². The summed E-state index contributed by atoms with van der Waals surface area (Å²) in [5.74, 6) is 1.24. The summed E-state index contributed by atoms with van der Waals surface area (Å²) >= 11 is 6.05. The minimum Gasteiger partial charge on any atom is -0.470 e. The van der Waals surface area contributed by atoms with Crippen molar-refractivity contribution in [2.75, 3.05) is 0 Å². The lowest BCUT2D eigenvalue weighted by atomic mass is 9.87. The van der Waals surface area contributed by atoms with E-state index in [4.69, 9.17) is 16.3 Å². The fourth-order valence-corrected chi connectivity index (χ4v) is 3.11. The number of nitrogens with zero attached hydrogens (tertiary/aromatic N) is 2. The number of hydrogen-bond acceptors (Lipinski definition) is 3. The average Bonchev–Trinajstić information content (AvgIpc) is 3.05. The molecule has 1 N–H and O–H groups in total. The molecule has 1 aliphatic carbocycles. The first-order valence-electron chi connectivity index (χ1n) is 8.33. The van der Waals surface area contributed by atoms with Gasteiger partial charge in [-0.3, -0.25) is 4.79 Å². The first-order valence-corrected chi connectivity index (χ1v) is 8.71. The zero-order chi connectivity index (χ0) is 16.9. The number of carbonyl (C=O) groups excluding carboxylic acids is 1. The molecule has 0 unspecified atom stereocenters. The summed E-state index contributed by atoms with van der Waals surface area (Å²) in [5, 5.41) is 7.90. The van der Waals surface area contributed by atoms with Crippen LogP contribution in [0.25, 0.3) is 0 Å². The maximum atomic E-state index is 12.3. The Morgan fingerprint density at radius 1 is 1.29 bits per heavy atom. The smallest absolute Gasteiger partial charge is 0.271 e. The topological polar surface area (TPSA) is 56.2 Å². The van der Waals surface area contributed by atoms with Gasteiger partial charge in [-0.05, 0) is 49.8 Å². The zero-order valence-electron chi connectivity index (χ0n) is 13.7. The monoisotopic (exact) mass is 347 g/mol. The lowest BCUT2D eigenvalue weighted by Crippen LogP contribution is -2.37. The summed E-state index contributed by atoms with van der Waals surface area (Å²) in [6.07, 6.45) is 6.16. The summed E-state index contributed by atoms with van der Waals surface area (Å²) in [6, 6.07) is 9.23. The van der Waals surface area contributed by atoms with Crippen molar-refractivity contribution in [2.45, 2.75) is 45.4 Å². The van der Waals surface area contributed by atoms with Gasteiger partial charge in [0.1, 0.15) is 11.4 Å². The van der Waals surface area contributed by atoms with Crippen LogP contribution in [0.4, 0.5) is 0 Å². The van der Waals surface area contributed by atoms with Crippen molar-refractivity contribution in [1.29, 1.82) is 0 Å². The summed E-state index contributed by atoms with van der Waals surface area (Å²) in [4.78, 5) is 12.3. The summed E-state index contributed by atoms with van der Waals surface area (Å²) in [7, 11) is 0. The van der Waals surface area contributed by atoms with Gasteiger partial charge in [0, 0.05) is 12.2 Å². The minimum absolute atomic E-state index is 0.119. The summed E-state index contributed by atoms with van der Waals surface area (Å²) < 4.78 is 7.20. The molecule has 1 aromatic carbocycles. The number of carbonyl (C=O) groups is 1. The molecule has 1 heterocycles. The highest BCUT2D eigenvalue weighted by molar-refractivity contribution is 6.32. The van der Waals surface area contributed by atoms with Crippen molar-refractivity contribution in [3.63, 3.8) is 0 Å². The Bertz CT molecular complexity index is 693. The molecule has 1 aliphatic rings. The van der Waals surface area contributed by atoms with Crippen LogP contribution < -0.4 is 10.1 Å². The molecular weight excluding hydrogens is 326 g/mol. The van der Waals surface area contributed by atoms with Crippen LogP contribution in [-0.2, 0) is 6.73 Å². The van der Waals surface area contributed by atoms with Gasteiger partial charge in [0.25, 0.3) is 5.91 Å². The Kier molecular flexibility index (Phi) is 5.41. The minimum atomic E-state index is -0.119. The molecule has 3 rings (SSSR count). The Hall–Kier alpha value is -2.01. The van der Waals surface area contributed by atoms with Crippen molar-refractivity contribution in [1.82, 2.24) is 15.1 Å². The van der Waals surface area contributed by atoms with E-state index in [2.05, 4.69) is 17.3 Å². The number of amides is 1. The van der Waals surface area contributed by atoms with Crippen LogP contribution in [0.2, 0.25) is 5.02 Å². The van der Waals surface area contributed by atoms with Crippen molar-refractivity contribution >= 4 is 17.5 Å². The molecule has 0 saturated heterocycles. The van der Waals surface area contributed by atoms with E-state index < -0.39 is 0 Å². The Morgan fingerprint density at radius 3 is 2.79 bits per heavy atom. The predicted octanol–water partition coefficient (Wildman–Crippen LogP) is 3.88. The zero-order valence-corrected chi connectivity index (χ0v) is 14.5. The molecule has 6 heteroatoms. The molecule has 1 saturated carbocycles. The second-order valence-electron chi connectivity index (χ2n) is 6.37. The van der Waals surface area contributed by atoms with Gasteiger partial charge in [-0.2, -0.15) is 5.10 Å². The lowest BCUT2D eigenvalue weighted by molar-refractivity contribution is 0.0916. The maximum Gasteiger partial charge on any atom is 0.271 e. The molecule has 0 radical (unpaired) electrons. The molecular formula is C18H22ClN3O2. The quantitative estimate of drug-likeness (QED) is 0.892. The second-order valence-corrected chi connectivity index (χ2v) is 6.78. The van der Waals surface area contributed by atoms with E-state index in [0.29, 0.717) is 16.5 Å². The third-order valence-corrected chi connectivity index (χ3v) is 4.73. The highest BCUT2D eigenvalue weighted by Crippen LogP contribution is 2.24. The molecule has 1 fully saturated rings. The van der Waals surface area contributed by atoms with Crippen molar-refractivity contribution < 1.29 is 9.53 Å². The van der Waals surface area contributed by atoms with Crippen molar-refractivity contribution in [2.24, 2.45) is 5.92 Å². The number of aromatic nitrogens is 2. The Morgan fingerprint density at radius 2 is 2.04 bits per heavy atom. The lowest BCUT2D eigenvalue weighted by Gasteiger charge is -2.26. The van der Waals surface area contributed by atoms with Gasteiger partial charge in [0.15, 0.2) is 6.73 Å². The molecule has 2 aromatic rings. The standard InChI is InChI=1S/C18H22ClN3O2/c1-13-6-8-14(9-7-13)20-18(23)16-10-11-22(21-16)12-24-17-5-3-2-4-15(17)19/h2-5,10-11,13-14H,6-9,12H2,1H3,(H,20,23). The van der Waals surface area contributed by atoms with E-state index in [1.165, 1.54) is 12.8 Å². The van der Waals surface area contributed by atoms with Gasteiger partial charge in [-0.15, -0.1) is 0 Å². The maximum absolute atomic E-state index is 12.3. The molecule has 0 spiro atoms. The molecule has 1 amide bonds. The molecule has 0 bridgehead atoms. The van der Waals surface area contributed by atoms with Gasteiger partial charge in [0.2, 0.25) is 0 Å². The van der Waals surface area contributed by atoms with E-state index in [1.54, 1.807) is 29.1 Å². The number of ether oxygens (including phenoxy) is 1. The highest BCUT2D eigenvalue weighted by atomic mass is 35.5. The number of benzene rings is 1. The largest absolute Gasteiger partial charge is 0.470 e. The second kappa shape index (κ2) is 7.71. The molecule has 24 heavy (non-hydrogen) atoms. The third kappa shape index (κ3) is 4.29. The molecule has 1 aromatic heterocycles. The van der Waals surface area contributed by atoms with Crippen LogP contribution in [0.3, 0.4) is 0 Å². The van der Waals surface area contributed by atoms with Crippen LogP contribution in [-0.4, -0.2) is 21.7 Å². The third-order valence-electron chi connectivity index (χ3n) is 4.41. The number of halogens is 1. The van der Waals surface area contributed by atoms with Crippen LogP contribution in [0, 0.1) is 5.92 Å². The van der Waals surface area contributed by atoms with Crippen molar-refractivity contribution in [3.05, 3.63) is 47.2 Å².